The number of hydrogen-bond donors (Lipinski definition) is 1. The fourth-order valence-corrected chi connectivity index (χ4v) is 4.30. The molecule has 0 aliphatic heterocycles. The molecule has 7 heteroatoms. The van der Waals surface area contributed by atoms with Crippen molar-refractivity contribution in [2.45, 2.75) is 45.2 Å². The third-order valence-electron chi connectivity index (χ3n) is 5.70. The van der Waals surface area contributed by atoms with E-state index in [1.807, 2.05) is 31.2 Å². The highest BCUT2D eigenvalue weighted by molar-refractivity contribution is 6.05. The van der Waals surface area contributed by atoms with E-state index < -0.39 is 0 Å². The van der Waals surface area contributed by atoms with Crippen LogP contribution < -0.4 is 5.32 Å². The van der Waals surface area contributed by atoms with Crippen LogP contribution in [0.15, 0.2) is 42.7 Å². The quantitative estimate of drug-likeness (QED) is 0.578. The fourth-order valence-electron chi connectivity index (χ4n) is 4.30. The van der Waals surface area contributed by atoms with Gasteiger partial charge in [-0.15, -0.1) is 10.2 Å². The number of aromatic nitrogens is 5. The summed E-state index contributed by atoms with van der Waals surface area (Å²) in [6.45, 7) is 2.46. The summed E-state index contributed by atoms with van der Waals surface area (Å²) >= 11 is 0. The van der Waals surface area contributed by atoms with E-state index in [9.17, 15) is 4.79 Å². The Morgan fingerprint density at radius 3 is 2.86 bits per heavy atom. The van der Waals surface area contributed by atoms with E-state index >= 15 is 0 Å². The van der Waals surface area contributed by atoms with Crippen LogP contribution in [0.3, 0.4) is 0 Å². The van der Waals surface area contributed by atoms with Gasteiger partial charge in [0.25, 0.3) is 5.91 Å². The zero-order chi connectivity index (χ0) is 19.8. The summed E-state index contributed by atoms with van der Waals surface area (Å²) in [5, 5.41) is 12.5. The van der Waals surface area contributed by atoms with Crippen LogP contribution in [0.4, 0.5) is 0 Å². The summed E-state index contributed by atoms with van der Waals surface area (Å²) in [6.07, 6.45) is 8.26. The van der Waals surface area contributed by atoms with Gasteiger partial charge in [0.15, 0.2) is 0 Å². The zero-order valence-electron chi connectivity index (χ0n) is 16.3. The molecule has 1 saturated carbocycles. The van der Waals surface area contributed by atoms with Gasteiger partial charge in [0.05, 0.1) is 11.0 Å². The maximum Gasteiger partial charge on any atom is 0.251 e. The van der Waals surface area contributed by atoms with Gasteiger partial charge in [0, 0.05) is 35.9 Å². The molecular formula is C22H22N6O. The van der Waals surface area contributed by atoms with Crippen molar-refractivity contribution < 1.29 is 4.79 Å². The molecule has 1 amide bonds. The molecule has 0 unspecified atom stereocenters. The number of pyridine rings is 1. The van der Waals surface area contributed by atoms with Crippen molar-refractivity contribution in [3.63, 3.8) is 0 Å². The third-order valence-corrected chi connectivity index (χ3v) is 5.70. The van der Waals surface area contributed by atoms with Gasteiger partial charge in [-0.2, -0.15) is 0 Å². The number of rotatable bonds is 4. The van der Waals surface area contributed by atoms with Crippen LogP contribution in [-0.2, 0) is 6.54 Å². The lowest BCUT2D eigenvalue weighted by atomic mass is 10.1. The maximum atomic E-state index is 12.8. The van der Waals surface area contributed by atoms with E-state index in [0.29, 0.717) is 23.8 Å². The summed E-state index contributed by atoms with van der Waals surface area (Å²) in [5.74, 6) is 0.838. The number of nitrogens with one attached hydrogen (secondary N) is 1. The van der Waals surface area contributed by atoms with E-state index in [1.54, 1.807) is 18.5 Å². The molecule has 1 aliphatic carbocycles. The molecule has 29 heavy (non-hydrogen) atoms. The lowest BCUT2D eigenvalue weighted by molar-refractivity contribution is 0.0951. The largest absolute Gasteiger partial charge is 0.348 e. The Morgan fingerprint density at radius 2 is 2.07 bits per heavy atom. The Morgan fingerprint density at radius 1 is 1.21 bits per heavy atom. The van der Waals surface area contributed by atoms with E-state index in [0.717, 1.165) is 40.6 Å². The van der Waals surface area contributed by atoms with Crippen LogP contribution in [0.25, 0.3) is 22.1 Å². The van der Waals surface area contributed by atoms with Crippen LogP contribution in [0.5, 0.6) is 0 Å². The van der Waals surface area contributed by atoms with Gasteiger partial charge in [-0.25, -0.2) is 4.98 Å². The first-order chi connectivity index (χ1) is 14.2. The first-order valence-electron chi connectivity index (χ1n) is 10.0. The van der Waals surface area contributed by atoms with Crippen LogP contribution >= 0.6 is 0 Å². The molecule has 7 nitrogen and oxygen atoms in total. The monoisotopic (exact) mass is 386 g/mol. The van der Waals surface area contributed by atoms with Crippen LogP contribution in [-0.4, -0.2) is 30.6 Å². The molecule has 1 aromatic carbocycles. The number of hydrogen-bond acceptors (Lipinski definition) is 5. The normalized spacial score (nSPS) is 14.7. The van der Waals surface area contributed by atoms with E-state index in [1.165, 1.54) is 12.8 Å². The molecular weight excluding hydrogens is 364 g/mol. The number of fused-ring (bicyclic) bond motifs is 3. The highest BCUT2D eigenvalue weighted by Gasteiger charge is 2.23. The Kier molecular flexibility index (Phi) is 4.42. The van der Waals surface area contributed by atoms with Crippen molar-refractivity contribution >= 4 is 28.0 Å². The summed E-state index contributed by atoms with van der Waals surface area (Å²) < 4.78 is 2.30. The summed E-state index contributed by atoms with van der Waals surface area (Å²) in [5.41, 5.74) is 3.98. The van der Waals surface area contributed by atoms with Crippen LogP contribution in [0.1, 0.15) is 53.5 Å². The third kappa shape index (κ3) is 3.22. The van der Waals surface area contributed by atoms with Crippen molar-refractivity contribution in [3.8, 4) is 0 Å². The van der Waals surface area contributed by atoms with Crippen molar-refractivity contribution in [1.29, 1.82) is 0 Å². The maximum absolute atomic E-state index is 12.8. The average Bonchev–Trinajstić information content (AvgIpc) is 3.39. The topological polar surface area (TPSA) is 85.6 Å². The number of imidazole rings is 1. The smallest absolute Gasteiger partial charge is 0.251 e. The Bertz CT molecular complexity index is 1190. The van der Waals surface area contributed by atoms with Gasteiger partial charge in [0.1, 0.15) is 5.82 Å². The number of amides is 1. The Labute approximate surface area is 168 Å². The van der Waals surface area contributed by atoms with E-state index in [4.69, 9.17) is 0 Å². The van der Waals surface area contributed by atoms with Crippen LogP contribution in [0.2, 0.25) is 0 Å². The number of benzene rings is 1. The summed E-state index contributed by atoms with van der Waals surface area (Å²) in [6, 6.07) is 9.81. The van der Waals surface area contributed by atoms with Gasteiger partial charge in [-0.1, -0.05) is 18.9 Å². The number of aryl methyl sites for hydroxylation is 1. The molecule has 5 rings (SSSR count). The van der Waals surface area contributed by atoms with Crippen LogP contribution in [0, 0.1) is 6.92 Å². The van der Waals surface area contributed by atoms with Gasteiger partial charge in [-0.3, -0.25) is 9.78 Å². The van der Waals surface area contributed by atoms with Gasteiger partial charge in [0.2, 0.25) is 5.65 Å². The molecule has 4 aromatic rings. The zero-order valence-corrected chi connectivity index (χ0v) is 16.3. The first-order valence-corrected chi connectivity index (χ1v) is 10.0. The molecule has 1 N–H and O–H groups in total. The van der Waals surface area contributed by atoms with Crippen molar-refractivity contribution in [3.05, 3.63) is 59.7 Å². The second kappa shape index (κ2) is 7.24. The highest BCUT2D eigenvalue weighted by Crippen LogP contribution is 2.35. The van der Waals surface area contributed by atoms with Crippen molar-refractivity contribution in [2.24, 2.45) is 0 Å². The van der Waals surface area contributed by atoms with Gasteiger partial charge >= 0.3 is 0 Å². The molecule has 0 bridgehead atoms. The standard InChI is InChI=1S/C22H22N6O/c1-14-25-21-20(28(14)17-6-2-3-7-17)18-11-16(8-9-19(18)26-27-21)22(29)24-13-15-5-4-10-23-12-15/h4-5,8-12,17H,2-3,6-7,13H2,1H3,(H,24,29). The highest BCUT2D eigenvalue weighted by atomic mass is 16.1. The minimum absolute atomic E-state index is 0.121. The minimum Gasteiger partial charge on any atom is -0.348 e. The van der Waals surface area contributed by atoms with E-state index in [-0.39, 0.29) is 5.91 Å². The molecule has 3 heterocycles. The van der Waals surface area contributed by atoms with E-state index in [2.05, 4.69) is 30.0 Å². The Balaban J connectivity index is 1.54. The van der Waals surface area contributed by atoms with Gasteiger partial charge < -0.3 is 9.88 Å². The number of nitrogens with zero attached hydrogens (tertiary/aromatic N) is 5. The minimum atomic E-state index is -0.121. The first kappa shape index (κ1) is 17.7. The predicted octanol–water partition coefficient (Wildman–Crippen LogP) is 3.73. The average molecular weight is 386 g/mol. The summed E-state index contributed by atoms with van der Waals surface area (Å²) in [7, 11) is 0. The second-order valence-electron chi connectivity index (χ2n) is 7.62. The molecule has 1 aliphatic rings. The molecule has 0 atom stereocenters. The SMILES string of the molecule is Cc1nc2nnc3ccc(C(=O)NCc4cccnc4)cc3c2n1C1CCCC1. The van der Waals surface area contributed by atoms with Gasteiger partial charge in [-0.05, 0) is 49.6 Å². The molecule has 0 radical (unpaired) electrons. The molecule has 1 fully saturated rings. The summed E-state index contributed by atoms with van der Waals surface area (Å²) in [4.78, 5) is 21.5. The lowest BCUT2D eigenvalue weighted by Gasteiger charge is -2.15. The lowest BCUT2D eigenvalue weighted by Crippen LogP contribution is -2.22. The number of carbonyl (C=O) groups excluding carboxylic acids is 1. The molecule has 0 spiro atoms. The van der Waals surface area contributed by atoms with Crippen molar-refractivity contribution in [2.75, 3.05) is 0 Å². The Hall–Kier alpha value is -3.35. The molecule has 0 saturated heterocycles. The molecule has 3 aromatic heterocycles. The second-order valence-corrected chi connectivity index (χ2v) is 7.62. The fraction of sp³-hybridized carbons (Fsp3) is 0.318. The van der Waals surface area contributed by atoms with Crippen molar-refractivity contribution in [1.82, 2.24) is 30.0 Å². The number of carbonyl (C=O) groups is 1. The molecule has 146 valence electrons. The predicted molar refractivity (Wildman–Crippen MR) is 110 cm³/mol.